The molecular formula is C20H16ClNO4S. The molecule has 0 bridgehead atoms. The van der Waals surface area contributed by atoms with Gasteiger partial charge in [-0.2, -0.15) is 8.42 Å². The minimum absolute atomic E-state index is 0.00748. The van der Waals surface area contributed by atoms with E-state index in [0.29, 0.717) is 10.8 Å². The van der Waals surface area contributed by atoms with Crippen LogP contribution in [0.15, 0.2) is 71.8 Å². The van der Waals surface area contributed by atoms with Crippen LogP contribution < -0.4 is 8.92 Å². The van der Waals surface area contributed by atoms with E-state index < -0.39 is 10.1 Å². The third-order valence-corrected chi connectivity index (χ3v) is 5.12. The third kappa shape index (κ3) is 4.87. The highest BCUT2D eigenvalue weighted by Crippen LogP contribution is 2.31. The van der Waals surface area contributed by atoms with Crippen molar-refractivity contribution in [1.29, 1.82) is 0 Å². The van der Waals surface area contributed by atoms with E-state index in [1.807, 2.05) is 30.4 Å². The summed E-state index contributed by atoms with van der Waals surface area (Å²) in [5.74, 6) is 0.401. The Bertz CT molecular complexity index is 1050. The van der Waals surface area contributed by atoms with Crippen molar-refractivity contribution in [2.45, 2.75) is 4.90 Å². The molecule has 138 valence electrons. The van der Waals surface area contributed by atoms with Gasteiger partial charge >= 0.3 is 10.1 Å². The Morgan fingerprint density at radius 1 is 0.963 bits per heavy atom. The lowest BCUT2D eigenvalue weighted by molar-refractivity contribution is 0.390. The molecule has 5 nitrogen and oxygen atoms in total. The van der Waals surface area contributed by atoms with E-state index in [9.17, 15) is 8.42 Å². The third-order valence-electron chi connectivity index (χ3n) is 3.62. The molecule has 0 amide bonds. The first-order chi connectivity index (χ1) is 13.0. The number of rotatable bonds is 6. The van der Waals surface area contributed by atoms with Crippen LogP contribution >= 0.6 is 11.6 Å². The van der Waals surface area contributed by atoms with Crippen LogP contribution in [0.2, 0.25) is 5.02 Å². The van der Waals surface area contributed by atoms with Crippen molar-refractivity contribution in [2.24, 2.45) is 0 Å². The number of pyridine rings is 1. The summed E-state index contributed by atoms with van der Waals surface area (Å²) in [6.45, 7) is 0. The Labute approximate surface area is 163 Å². The van der Waals surface area contributed by atoms with E-state index in [1.165, 1.54) is 31.4 Å². The minimum atomic E-state index is -4.00. The first kappa shape index (κ1) is 18.9. The van der Waals surface area contributed by atoms with Crippen molar-refractivity contribution >= 4 is 33.9 Å². The Morgan fingerprint density at radius 3 is 2.41 bits per heavy atom. The smallest absolute Gasteiger partial charge is 0.339 e. The molecule has 0 N–H and O–H groups in total. The van der Waals surface area contributed by atoms with Gasteiger partial charge in [0.2, 0.25) is 0 Å². The molecule has 0 fully saturated rings. The molecule has 0 radical (unpaired) electrons. The second-order valence-corrected chi connectivity index (χ2v) is 7.47. The largest absolute Gasteiger partial charge is 0.493 e. The molecule has 0 saturated carbocycles. The van der Waals surface area contributed by atoms with Crippen LogP contribution in [0, 0.1) is 0 Å². The molecule has 2 aromatic carbocycles. The molecule has 0 atom stereocenters. The fourth-order valence-electron chi connectivity index (χ4n) is 2.28. The number of benzene rings is 2. The van der Waals surface area contributed by atoms with Gasteiger partial charge in [-0.3, -0.25) is 4.98 Å². The molecule has 1 heterocycles. The molecular weight excluding hydrogens is 386 g/mol. The molecule has 0 spiro atoms. The van der Waals surface area contributed by atoms with Crippen molar-refractivity contribution in [3.63, 3.8) is 0 Å². The molecule has 3 rings (SSSR count). The SMILES string of the molecule is COc1cc(/C=C/c2ccccn2)ccc1OS(=O)(=O)c1ccc(Cl)cc1. The van der Waals surface area contributed by atoms with Gasteiger partial charge in [-0.05, 0) is 60.2 Å². The maximum absolute atomic E-state index is 12.4. The zero-order chi connectivity index (χ0) is 19.3. The molecule has 0 aliphatic rings. The van der Waals surface area contributed by atoms with Crippen molar-refractivity contribution in [3.8, 4) is 11.5 Å². The van der Waals surface area contributed by atoms with Gasteiger partial charge in [-0.1, -0.05) is 29.8 Å². The fourth-order valence-corrected chi connectivity index (χ4v) is 3.35. The summed E-state index contributed by atoms with van der Waals surface area (Å²) in [7, 11) is -2.55. The molecule has 0 unspecified atom stereocenters. The van der Waals surface area contributed by atoms with Crippen LogP contribution in [-0.4, -0.2) is 20.5 Å². The van der Waals surface area contributed by atoms with E-state index in [2.05, 4.69) is 4.98 Å². The zero-order valence-corrected chi connectivity index (χ0v) is 15.9. The minimum Gasteiger partial charge on any atom is -0.493 e. The molecule has 0 aliphatic heterocycles. The van der Waals surface area contributed by atoms with Crippen LogP contribution in [0.25, 0.3) is 12.2 Å². The summed E-state index contributed by atoms with van der Waals surface area (Å²) >= 11 is 5.79. The van der Waals surface area contributed by atoms with Crippen molar-refractivity contribution in [3.05, 3.63) is 83.1 Å². The number of hydrogen-bond acceptors (Lipinski definition) is 5. The molecule has 7 heteroatoms. The predicted molar refractivity (Wildman–Crippen MR) is 105 cm³/mol. The lowest BCUT2D eigenvalue weighted by Gasteiger charge is -2.11. The second kappa shape index (κ2) is 8.24. The Morgan fingerprint density at radius 2 is 1.74 bits per heavy atom. The van der Waals surface area contributed by atoms with Gasteiger partial charge in [0.05, 0.1) is 12.8 Å². The van der Waals surface area contributed by atoms with Crippen LogP contribution in [-0.2, 0) is 10.1 Å². The van der Waals surface area contributed by atoms with Gasteiger partial charge in [-0.15, -0.1) is 0 Å². The highest BCUT2D eigenvalue weighted by atomic mass is 35.5. The Hall–Kier alpha value is -2.83. The lowest BCUT2D eigenvalue weighted by atomic mass is 10.1. The van der Waals surface area contributed by atoms with E-state index >= 15 is 0 Å². The van der Waals surface area contributed by atoms with Gasteiger partial charge in [-0.25, -0.2) is 0 Å². The molecule has 0 saturated heterocycles. The van der Waals surface area contributed by atoms with E-state index in [1.54, 1.807) is 24.4 Å². The lowest BCUT2D eigenvalue weighted by Crippen LogP contribution is -2.10. The Balaban J connectivity index is 1.84. The van der Waals surface area contributed by atoms with E-state index in [4.69, 9.17) is 20.5 Å². The molecule has 1 aromatic heterocycles. The summed E-state index contributed by atoms with van der Waals surface area (Å²) in [4.78, 5) is 4.22. The molecule has 3 aromatic rings. The number of methoxy groups -OCH3 is 1. The van der Waals surface area contributed by atoms with Gasteiger partial charge in [0, 0.05) is 11.2 Å². The normalized spacial score (nSPS) is 11.5. The number of hydrogen-bond donors (Lipinski definition) is 0. The standard InChI is InChI=1S/C20H16ClNO4S/c1-25-20-14-15(5-9-17-4-2-3-13-22-17)6-12-19(20)26-27(23,24)18-10-7-16(21)8-11-18/h2-14H,1H3/b9-5+. The van der Waals surface area contributed by atoms with Gasteiger partial charge in [0.25, 0.3) is 0 Å². The van der Waals surface area contributed by atoms with E-state index in [0.717, 1.165) is 11.3 Å². The monoisotopic (exact) mass is 401 g/mol. The zero-order valence-electron chi connectivity index (χ0n) is 14.4. The highest BCUT2D eigenvalue weighted by molar-refractivity contribution is 7.87. The topological polar surface area (TPSA) is 65.5 Å². The van der Waals surface area contributed by atoms with Gasteiger partial charge < -0.3 is 8.92 Å². The molecule has 0 aliphatic carbocycles. The highest BCUT2D eigenvalue weighted by Gasteiger charge is 2.19. The predicted octanol–water partition coefficient (Wildman–Crippen LogP) is 4.68. The average Bonchev–Trinajstić information content (AvgIpc) is 2.68. The molecule has 27 heavy (non-hydrogen) atoms. The first-order valence-corrected chi connectivity index (χ1v) is 9.74. The van der Waals surface area contributed by atoms with Crippen LogP contribution in [0.1, 0.15) is 11.3 Å². The fraction of sp³-hybridized carbons (Fsp3) is 0.0500. The van der Waals surface area contributed by atoms with Crippen LogP contribution in [0.5, 0.6) is 11.5 Å². The summed E-state index contributed by atoms with van der Waals surface area (Å²) in [5, 5.41) is 0.440. The van der Waals surface area contributed by atoms with Crippen molar-refractivity contribution in [1.82, 2.24) is 4.98 Å². The summed E-state index contributed by atoms with van der Waals surface area (Å²) < 4.78 is 35.4. The number of ether oxygens (including phenoxy) is 1. The van der Waals surface area contributed by atoms with Crippen molar-refractivity contribution < 1.29 is 17.3 Å². The first-order valence-electron chi connectivity index (χ1n) is 7.95. The summed E-state index contributed by atoms with van der Waals surface area (Å²) in [6.07, 6.45) is 5.40. The average molecular weight is 402 g/mol. The maximum Gasteiger partial charge on any atom is 0.339 e. The second-order valence-electron chi connectivity index (χ2n) is 5.49. The summed E-state index contributed by atoms with van der Waals surface area (Å²) in [6, 6.07) is 16.3. The number of nitrogens with zero attached hydrogens (tertiary/aromatic N) is 1. The number of aromatic nitrogens is 1. The number of halogens is 1. The maximum atomic E-state index is 12.4. The van der Waals surface area contributed by atoms with Crippen molar-refractivity contribution in [2.75, 3.05) is 7.11 Å². The quantitative estimate of drug-likeness (QED) is 0.561. The van der Waals surface area contributed by atoms with Crippen LogP contribution in [0.4, 0.5) is 0 Å². The van der Waals surface area contributed by atoms with Gasteiger partial charge in [0.15, 0.2) is 11.5 Å². The Kier molecular flexibility index (Phi) is 5.78. The van der Waals surface area contributed by atoms with Crippen LogP contribution in [0.3, 0.4) is 0 Å². The van der Waals surface area contributed by atoms with Gasteiger partial charge in [0.1, 0.15) is 4.90 Å². The van der Waals surface area contributed by atoms with E-state index in [-0.39, 0.29) is 10.6 Å². The summed E-state index contributed by atoms with van der Waals surface area (Å²) in [5.41, 5.74) is 1.62.